The van der Waals surface area contributed by atoms with E-state index < -0.39 is 31.0 Å². The monoisotopic (exact) mass is 824 g/mol. The molecule has 18 nitrogen and oxygen atoms in total. The number of aryl methyl sites for hydroxylation is 6. The predicted molar refractivity (Wildman–Crippen MR) is 223 cm³/mol. The fourth-order valence-electron chi connectivity index (χ4n) is 6.55. The topological polar surface area (TPSA) is 253 Å². The molecule has 18 heteroatoms. The molecule has 0 saturated carbocycles. The molecule has 0 aliphatic rings. The number of ether oxygens (including phenoxy) is 2. The minimum Gasteiger partial charge on any atom is -0.490 e. The first-order valence-corrected chi connectivity index (χ1v) is 19.8. The lowest BCUT2D eigenvalue weighted by atomic mass is 10.0. The molecule has 0 saturated heterocycles. The Kier molecular flexibility index (Phi) is 14.0. The number of hydrogen-bond donors (Lipinski definition) is 6. The SMILES string of the molecule is CCCNc1nc(C)cc(-c2nc(-c3cc(C)c(OCC(O)C(O)C(Oc4c(C)cc(-c5noc(-c6cc(C)nc(NCCC)n6)n5)cc4C)C(O)CO)c(C)c3)no2)n1. The third-order valence-electron chi connectivity index (χ3n) is 9.45. The maximum absolute atomic E-state index is 11.3. The van der Waals surface area contributed by atoms with Crippen molar-refractivity contribution in [1.82, 2.24) is 40.2 Å². The maximum atomic E-state index is 11.3. The summed E-state index contributed by atoms with van der Waals surface area (Å²) in [7, 11) is 0. The molecule has 0 aliphatic carbocycles. The average molecular weight is 825 g/mol. The molecule has 0 amide bonds. The Morgan fingerprint density at radius 3 is 1.48 bits per heavy atom. The summed E-state index contributed by atoms with van der Waals surface area (Å²) in [4.78, 5) is 27.0. The van der Waals surface area contributed by atoms with Gasteiger partial charge >= 0.3 is 0 Å². The highest BCUT2D eigenvalue weighted by Crippen LogP contribution is 2.33. The van der Waals surface area contributed by atoms with Gasteiger partial charge < -0.3 is 49.6 Å². The van der Waals surface area contributed by atoms with E-state index in [1.807, 2.05) is 46.8 Å². The lowest BCUT2D eigenvalue weighted by molar-refractivity contribution is -0.111. The summed E-state index contributed by atoms with van der Waals surface area (Å²) in [5.74, 6) is 2.89. The fourth-order valence-corrected chi connectivity index (χ4v) is 6.55. The van der Waals surface area contributed by atoms with E-state index in [0.717, 1.165) is 37.3 Å². The first kappa shape index (κ1) is 43.5. The van der Waals surface area contributed by atoms with Crippen LogP contribution >= 0.6 is 0 Å². The van der Waals surface area contributed by atoms with Crippen LogP contribution in [0.15, 0.2) is 45.4 Å². The maximum Gasteiger partial charge on any atom is 0.277 e. The number of aliphatic hydroxyl groups excluding tert-OH is 4. The van der Waals surface area contributed by atoms with Crippen molar-refractivity contribution in [2.24, 2.45) is 0 Å². The Morgan fingerprint density at radius 2 is 1.05 bits per heavy atom. The van der Waals surface area contributed by atoms with Crippen LogP contribution in [0, 0.1) is 41.5 Å². The van der Waals surface area contributed by atoms with Crippen LogP contribution in [-0.4, -0.2) is 111 Å². The molecule has 6 N–H and O–H groups in total. The van der Waals surface area contributed by atoms with Gasteiger partial charge in [-0.25, -0.2) is 19.9 Å². The molecule has 60 heavy (non-hydrogen) atoms. The van der Waals surface area contributed by atoms with E-state index in [4.69, 9.17) is 18.5 Å². The molecule has 0 bridgehead atoms. The van der Waals surface area contributed by atoms with Crippen molar-refractivity contribution in [3.8, 4) is 57.4 Å². The van der Waals surface area contributed by atoms with Gasteiger partial charge in [-0.15, -0.1) is 0 Å². The summed E-state index contributed by atoms with van der Waals surface area (Å²) >= 11 is 0. The Morgan fingerprint density at radius 1 is 0.600 bits per heavy atom. The van der Waals surface area contributed by atoms with E-state index >= 15 is 0 Å². The molecule has 4 aromatic heterocycles. The second-order valence-electron chi connectivity index (χ2n) is 14.7. The zero-order valence-electron chi connectivity index (χ0n) is 35.0. The standard InChI is InChI=1S/C42H52N10O8/c1-9-11-43-41-45-25(7)17-29(47-41)39-49-37(51-59-39)27-13-21(3)34(22(4)14-27)57-20-32(55)33(56)36(31(54)19-53)58-35-23(5)15-28(16-24(35)6)38-50-40(60-52-38)30-18-26(8)46-42(48-30)44-12-10-2/h13-18,31-33,36,53-56H,9-12,19-20H2,1-8H3,(H,43,45,47)(H,44,46,48). The second kappa shape index (κ2) is 19.3. The fraction of sp³-hybridized carbons (Fsp3) is 0.429. The predicted octanol–water partition coefficient (Wildman–Crippen LogP) is 5.10. The molecule has 0 fully saturated rings. The lowest BCUT2D eigenvalue weighted by Gasteiger charge is -2.31. The van der Waals surface area contributed by atoms with E-state index in [1.54, 1.807) is 38.1 Å². The third-order valence-corrected chi connectivity index (χ3v) is 9.45. The minimum atomic E-state index is -1.67. The van der Waals surface area contributed by atoms with Crippen molar-refractivity contribution in [3.63, 3.8) is 0 Å². The summed E-state index contributed by atoms with van der Waals surface area (Å²) in [5.41, 5.74) is 6.44. The number of rotatable bonds is 19. The van der Waals surface area contributed by atoms with Gasteiger partial charge in [0.1, 0.15) is 47.8 Å². The smallest absolute Gasteiger partial charge is 0.277 e. The molecule has 0 radical (unpaired) electrons. The van der Waals surface area contributed by atoms with E-state index in [9.17, 15) is 20.4 Å². The van der Waals surface area contributed by atoms with Crippen LogP contribution in [0.1, 0.15) is 60.3 Å². The molecule has 4 atom stereocenters. The average Bonchev–Trinajstić information content (AvgIpc) is 3.92. The molecular formula is C42H52N10O8. The van der Waals surface area contributed by atoms with Crippen LogP contribution in [0.25, 0.3) is 45.9 Å². The van der Waals surface area contributed by atoms with E-state index in [1.165, 1.54) is 0 Å². The second-order valence-corrected chi connectivity index (χ2v) is 14.7. The van der Waals surface area contributed by atoms with Crippen LogP contribution in [-0.2, 0) is 0 Å². The van der Waals surface area contributed by atoms with Gasteiger partial charge in [-0.1, -0.05) is 24.2 Å². The van der Waals surface area contributed by atoms with Crippen LogP contribution in [0.2, 0.25) is 0 Å². The number of benzene rings is 2. The molecule has 0 spiro atoms. The quantitative estimate of drug-likeness (QED) is 0.0621. The Bertz CT molecular complexity index is 2360. The van der Waals surface area contributed by atoms with Gasteiger partial charge in [0.15, 0.2) is 6.10 Å². The number of nitrogens with one attached hydrogen (secondary N) is 2. The largest absolute Gasteiger partial charge is 0.490 e. The van der Waals surface area contributed by atoms with E-state index in [-0.39, 0.29) is 18.4 Å². The molecule has 6 rings (SSSR count). The highest BCUT2D eigenvalue weighted by Gasteiger charge is 2.35. The molecule has 318 valence electrons. The Labute approximate surface area is 347 Å². The number of hydrogen-bond acceptors (Lipinski definition) is 18. The molecular weight excluding hydrogens is 773 g/mol. The zero-order chi connectivity index (χ0) is 43.1. The van der Waals surface area contributed by atoms with Gasteiger partial charge in [0.05, 0.1) is 6.61 Å². The van der Waals surface area contributed by atoms with Crippen LogP contribution in [0.3, 0.4) is 0 Å². The molecule has 2 aromatic carbocycles. The molecule has 0 aliphatic heterocycles. The van der Waals surface area contributed by atoms with Gasteiger partial charge in [-0.2, -0.15) is 9.97 Å². The van der Waals surface area contributed by atoms with Gasteiger partial charge in [-0.05, 0) is 113 Å². The van der Waals surface area contributed by atoms with Gasteiger partial charge in [0.25, 0.3) is 11.8 Å². The van der Waals surface area contributed by atoms with Crippen molar-refractivity contribution in [2.45, 2.75) is 92.6 Å². The highest BCUT2D eigenvalue weighted by atomic mass is 16.5. The molecule has 4 heterocycles. The highest BCUT2D eigenvalue weighted by molar-refractivity contribution is 5.64. The molecule has 6 aromatic rings. The summed E-state index contributed by atoms with van der Waals surface area (Å²) in [5, 5.41) is 57.9. The zero-order valence-corrected chi connectivity index (χ0v) is 35.0. The van der Waals surface area contributed by atoms with Gasteiger partial charge in [0, 0.05) is 35.6 Å². The number of aromatic nitrogens is 8. The number of nitrogens with zero attached hydrogens (tertiary/aromatic N) is 8. The van der Waals surface area contributed by atoms with Crippen LogP contribution < -0.4 is 20.1 Å². The van der Waals surface area contributed by atoms with Crippen molar-refractivity contribution < 1.29 is 38.9 Å². The van der Waals surface area contributed by atoms with Crippen LogP contribution in [0.5, 0.6) is 11.5 Å². The summed E-state index contributed by atoms with van der Waals surface area (Å²) in [6.45, 7) is 15.4. The summed E-state index contributed by atoms with van der Waals surface area (Å²) < 4.78 is 23.3. The lowest BCUT2D eigenvalue weighted by Crippen LogP contribution is -2.51. The summed E-state index contributed by atoms with van der Waals surface area (Å²) in [6, 6.07) is 10.7. The van der Waals surface area contributed by atoms with Crippen LogP contribution in [0.4, 0.5) is 11.9 Å². The first-order chi connectivity index (χ1) is 28.8. The van der Waals surface area contributed by atoms with Gasteiger partial charge in [0.2, 0.25) is 23.5 Å². The minimum absolute atomic E-state index is 0.224. The van der Waals surface area contributed by atoms with Crippen molar-refractivity contribution in [3.05, 3.63) is 70.0 Å². The Hall–Kier alpha value is -6.08. The van der Waals surface area contributed by atoms with Gasteiger partial charge in [-0.3, -0.25) is 0 Å². The van der Waals surface area contributed by atoms with Crippen molar-refractivity contribution in [2.75, 3.05) is 36.9 Å². The van der Waals surface area contributed by atoms with E-state index in [0.29, 0.717) is 79.8 Å². The Balaban J connectivity index is 1.13. The first-order valence-electron chi connectivity index (χ1n) is 19.8. The van der Waals surface area contributed by atoms with Crippen molar-refractivity contribution >= 4 is 11.9 Å². The number of anilines is 2. The number of aliphatic hydroxyl groups is 4. The molecule has 4 unspecified atom stereocenters. The normalized spacial score (nSPS) is 13.5. The van der Waals surface area contributed by atoms with E-state index in [2.05, 4.69) is 57.8 Å². The van der Waals surface area contributed by atoms with Crippen molar-refractivity contribution in [1.29, 1.82) is 0 Å². The third kappa shape index (κ3) is 10.2. The summed E-state index contributed by atoms with van der Waals surface area (Å²) in [6.07, 6.45) is -4.34.